The zero-order chi connectivity index (χ0) is 2.71. The Morgan fingerprint density at radius 3 is 1.75 bits per heavy atom. The molecular weight excluding hydrogens is 93.0 g/mol. The van der Waals surface area contributed by atoms with Crippen LogP contribution in [-0.2, 0) is 18.6 Å². The van der Waals surface area contributed by atoms with E-state index in [4.69, 9.17) is 0 Å². The number of hydrogen-bond acceptors (Lipinski definition) is 0. The molecule has 0 saturated heterocycles. The Morgan fingerprint density at radius 1 is 1.75 bits per heavy atom. The molecule has 4 heavy (non-hydrogen) atoms. The number of rotatable bonds is 0. The number of alkyl halides is 1. The van der Waals surface area contributed by atoms with Gasteiger partial charge in [-0.2, -0.15) is 0 Å². The van der Waals surface area contributed by atoms with Gasteiger partial charge in [-0.1, -0.05) is 0 Å². The maximum absolute atomic E-state index is 10.2. The minimum absolute atomic E-state index is 0. The Morgan fingerprint density at radius 2 is 1.75 bits per heavy atom. The molecule has 0 N–H and O–H groups in total. The molecular formula is C2H4FV-. The minimum atomic E-state index is -0.500. The van der Waals surface area contributed by atoms with Gasteiger partial charge in [-0.05, 0) is 6.67 Å². The van der Waals surface area contributed by atoms with Crippen LogP contribution in [0, 0.1) is 6.92 Å². The Kier molecular flexibility index (Phi) is 21.4. The van der Waals surface area contributed by atoms with Crippen LogP contribution in [0.5, 0.6) is 0 Å². The molecule has 0 nitrogen and oxygen atoms in total. The fourth-order valence-corrected chi connectivity index (χ4v) is 0. The summed E-state index contributed by atoms with van der Waals surface area (Å²) in [5.74, 6) is 0. The summed E-state index contributed by atoms with van der Waals surface area (Å²) in [6, 6.07) is 0. The molecule has 0 aromatic heterocycles. The summed E-state index contributed by atoms with van der Waals surface area (Å²) >= 11 is 0. The SMILES string of the molecule is [CH2-]C[18F].[V]. The Labute approximate surface area is 37.3 Å². The van der Waals surface area contributed by atoms with Crippen molar-refractivity contribution < 1.29 is 22.9 Å². The molecule has 0 aliphatic rings. The van der Waals surface area contributed by atoms with Gasteiger partial charge in [0.05, 0.1) is 0 Å². The first-order valence-electron chi connectivity index (χ1n) is 0.767. The topological polar surface area (TPSA) is 0 Å². The predicted octanol–water partition coefficient (Wildman–Crippen LogP) is 0.787. The predicted molar refractivity (Wildman–Crippen MR) is 11.3 cm³/mol. The average Bonchev–Trinajstić information content (AvgIpc) is 0.918. The van der Waals surface area contributed by atoms with E-state index in [0.717, 1.165) is 0 Å². The summed E-state index contributed by atoms with van der Waals surface area (Å²) in [4.78, 5) is 0. The molecule has 0 amide bonds. The summed E-state index contributed by atoms with van der Waals surface area (Å²) < 4.78 is 10.2. The molecule has 0 aromatic rings. The number of halogens is 1. The molecule has 0 aromatic carbocycles. The van der Waals surface area contributed by atoms with E-state index in [9.17, 15) is 4.39 Å². The molecule has 0 spiro atoms. The molecule has 0 aliphatic heterocycles. The van der Waals surface area contributed by atoms with Gasteiger partial charge < -0.3 is 6.92 Å². The first-order chi connectivity index (χ1) is 1.41. The molecule has 0 saturated carbocycles. The van der Waals surface area contributed by atoms with Crippen LogP contribution in [-0.4, -0.2) is 6.67 Å². The van der Waals surface area contributed by atoms with Gasteiger partial charge in [-0.15, -0.1) is 0 Å². The van der Waals surface area contributed by atoms with Crippen molar-refractivity contribution in [2.45, 2.75) is 0 Å². The molecule has 0 fully saturated rings. The van der Waals surface area contributed by atoms with Gasteiger partial charge in [0.2, 0.25) is 0 Å². The summed E-state index contributed by atoms with van der Waals surface area (Å²) in [7, 11) is 0. The quantitative estimate of drug-likeness (QED) is 0.392. The van der Waals surface area contributed by atoms with Crippen molar-refractivity contribution in [3.05, 3.63) is 6.92 Å². The van der Waals surface area contributed by atoms with Gasteiger partial charge in [-0.3, -0.25) is 4.39 Å². The molecule has 2 heteroatoms. The molecule has 25 valence electrons. The van der Waals surface area contributed by atoms with Crippen molar-refractivity contribution in [1.29, 1.82) is 0 Å². The molecule has 0 atom stereocenters. The Bertz CT molecular complexity index is 6.00. The largest absolute Gasteiger partial charge is 0.313 e. The van der Waals surface area contributed by atoms with Crippen LogP contribution in [0.1, 0.15) is 0 Å². The van der Waals surface area contributed by atoms with Gasteiger partial charge in [0, 0.05) is 18.6 Å². The molecule has 0 unspecified atom stereocenters. The molecule has 0 bridgehead atoms. The van der Waals surface area contributed by atoms with Crippen molar-refractivity contribution in [1.82, 2.24) is 0 Å². The van der Waals surface area contributed by atoms with Crippen LogP contribution < -0.4 is 0 Å². The second kappa shape index (κ2) is 9.69. The summed E-state index contributed by atoms with van der Waals surface area (Å²) in [6.07, 6.45) is 0. The molecule has 1 radical (unpaired) electrons. The van der Waals surface area contributed by atoms with Crippen molar-refractivity contribution in [2.75, 3.05) is 6.67 Å². The van der Waals surface area contributed by atoms with E-state index in [-0.39, 0.29) is 18.6 Å². The zero-order valence-electron chi connectivity index (χ0n) is 2.24. The van der Waals surface area contributed by atoms with Gasteiger partial charge in [0.15, 0.2) is 0 Å². The van der Waals surface area contributed by atoms with E-state index < -0.39 is 6.67 Å². The third kappa shape index (κ3) is 21.8. The second-order valence-electron chi connectivity index (χ2n) is 0.189. The van der Waals surface area contributed by atoms with Crippen LogP contribution >= 0.6 is 0 Å². The monoisotopic (exact) mass is 97.0 g/mol. The second-order valence-corrected chi connectivity index (χ2v) is 0.189. The normalized spacial score (nSPS) is 4.50. The Balaban J connectivity index is 0. The first kappa shape index (κ1) is 8.82. The van der Waals surface area contributed by atoms with Crippen LogP contribution in [0.3, 0.4) is 0 Å². The van der Waals surface area contributed by atoms with Gasteiger partial charge in [-0.25, -0.2) is 0 Å². The Hall–Kier alpha value is 0.514. The van der Waals surface area contributed by atoms with E-state index >= 15 is 0 Å². The number of hydrogen-bond donors (Lipinski definition) is 0. The van der Waals surface area contributed by atoms with Crippen LogP contribution in [0.25, 0.3) is 0 Å². The van der Waals surface area contributed by atoms with Crippen molar-refractivity contribution in [3.63, 3.8) is 0 Å². The van der Waals surface area contributed by atoms with E-state index in [1.165, 1.54) is 0 Å². The standard InChI is InChI=1S/C2H4F.V/c1-2-3;/h1-2H2;/q-1;/i3-1;. The van der Waals surface area contributed by atoms with Crippen LogP contribution in [0.2, 0.25) is 0 Å². The minimum Gasteiger partial charge on any atom is -0.313 e. The summed E-state index contributed by atoms with van der Waals surface area (Å²) in [5, 5.41) is 0. The van der Waals surface area contributed by atoms with E-state index in [0.29, 0.717) is 0 Å². The summed E-state index contributed by atoms with van der Waals surface area (Å²) in [6.45, 7) is 2.32. The van der Waals surface area contributed by atoms with Gasteiger partial charge in [0.1, 0.15) is 0 Å². The molecule has 0 heterocycles. The molecule has 0 aliphatic carbocycles. The fraction of sp³-hybridized carbons (Fsp3) is 0.500. The van der Waals surface area contributed by atoms with Crippen LogP contribution in [0.15, 0.2) is 0 Å². The van der Waals surface area contributed by atoms with Crippen molar-refractivity contribution >= 4 is 0 Å². The van der Waals surface area contributed by atoms with E-state index in [2.05, 4.69) is 6.92 Å². The van der Waals surface area contributed by atoms with Gasteiger partial charge >= 0.3 is 0 Å². The smallest absolute Gasteiger partial charge is 0 e. The summed E-state index contributed by atoms with van der Waals surface area (Å²) in [5.41, 5.74) is 0. The fourth-order valence-electron chi connectivity index (χ4n) is 0. The van der Waals surface area contributed by atoms with Crippen molar-refractivity contribution in [2.24, 2.45) is 0 Å². The molecule has 0 rings (SSSR count). The average molecular weight is 97.0 g/mol. The third-order valence-corrected chi connectivity index (χ3v) is 0. The third-order valence-electron chi connectivity index (χ3n) is 0. The maximum atomic E-state index is 10.2. The van der Waals surface area contributed by atoms with Crippen molar-refractivity contribution in [3.8, 4) is 0 Å². The van der Waals surface area contributed by atoms with E-state index in [1.54, 1.807) is 0 Å². The first-order valence-corrected chi connectivity index (χ1v) is 0.767. The van der Waals surface area contributed by atoms with Crippen LogP contribution in [0.4, 0.5) is 4.39 Å². The maximum Gasteiger partial charge on any atom is 0 e. The van der Waals surface area contributed by atoms with E-state index in [1.807, 2.05) is 0 Å². The van der Waals surface area contributed by atoms with Gasteiger partial charge in [0.25, 0.3) is 0 Å². The zero-order valence-corrected chi connectivity index (χ0v) is 3.64.